The quantitative estimate of drug-likeness (QED) is 0.782. The molecule has 1 aromatic carbocycles. The topological polar surface area (TPSA) is 61.2 Å². The van der Waals surface area contributed by atoms with E-state index in [0.29, 0.717) is 13.3 Å². The number of benzene rings is 1. The summed E-state index contributed by atoms with van der Waals surface area (Å²) in [4.78, 5) is 8.65. The molecule has 6 heteroatoms. The van der Waals surface area contributed by atoms with Crippen LogP contribution in [-0.4, -0.2) is 21.3 Å². The van der Waals surface area contributed by atoms with Gasteiger partial charge in [-0.3, -0.25) is 4.57 Å². The summed E-state index contributed by atoms with van der Waals surface area (Å²) in [7, 11) is 0. The van der Waals surface area contributed by atoms with Gasteiger partial charge >= 0.3 is 0 Å². The zero-order valence-electron chi connectivity index (χ0n) is 13.4. The highest BCUT2D eigenvalue weighted by Gasteiger charge is 2.16. The van der Waals surface area contributed by atoms with Crippen molar-refractivity contribution in [3.63, 3.8) is 0 Å². The predicted octanol–water partition coefficient (Wildman–Crippen LogP) is 2.59. The van der Waals surface area contributed by atoms with E-state index in [1.54, 1.807) is 6.20 Å². The fraction of sp³-hybridized carbons (Fsp3) is 0.222. The van der Waals surface area contributed by atoms with E-state index in [0.717, 1.165) is 40.8 Å². The highest BCUT2D eigenvalue weighted by molar-refractivity contribution is 5.48. The first-order valence-corrected chi connectivity index (χ1v) is 7.85. The van der Waals surface area contributed by atoms with Crippen LogP contribution in [0.1, 0.15) is 17.0 Å². The fourth-order valence-corrected chi connectivity index (χ4v) is 2.79. The monoisotopic (exact) mass is 322 g/mol. The first-order valence-electron chi connectivity index (χ1n) is 7.85. The van der Waals surface area contributed by atoms with E-state index >= 15 is 0 Å². The number of hydrogen-bond donors (Lipinski definition) is 1. The van der Waals surface area contributed by atoms with E-state index in [2.05, 4.69) is 21.4 Å². The van der Waals surface area contributed by atoms with Crippen LogP contribution in [0.15, 0.2) is 48.9 Å². The molecule has 1 aliphatic heterocycles. The van der Waals surface area contributed by atoms with Crippen molar-refractivity contribution in [1.29, 1.82) is 0 Å². The van der Waals surface area contributed by atoms with Crippen LogP contribution < -0.4 is 14.8 Å². The van der Waals surface area contributed by atoms with Gasteiger partial charge in [-0.2, -0.15) is 0 Å². The molecule has 3 heterocycles. The molecule has 0 aliphatic carbocycles. The number of fused-ring (bicyclic) bond motifs is 1. The number of rotatable bonds is 5. The molecule has 122 valence electrons. The van der Waals surface area contributed by atoms with Gasteiger partial charge in [0.05, 0.1) is 0 Å². The fourth-order valence-electron chi connectivity index (χ4n) is 2.79. The standard InChI is InChI=1S/C18H18N4O2/c1-13-20-7-8-22(13)17-9-14(5-6-21-17)10-19-11-15-3-2-4-16-18(15)24-12-23-16/h2-9,19H,10-12H2,1H3. The molecule has 0 unspecified atom stereocenters. The first-order chi connectivity index (χ1) is 11.8. The summed E-state index contributed by atoms with van der Waals surface area (Å²) < 4.78 is 12.9. The van der Waals surface area contributed by atoms with Crippen molar-refractivity contribution >= 4 is 0 Å². The third kappa shape index (κ3) is 2.83. The van der Waals surface area contributed by atoms with Crippen LogP contribution in [0, 0.1) is 6.92 Å². The van der Waals surface area contributed by atoms with Crippen LogP contribution in [0.3, 0.4) is 0 Å². The summed E-state index contributed by atoms with van der Waals surface area (Å²) in [5.41, 5.74) is 2.27. The minimum absolute atomic E-state index is 0.296. The maximum absolute atomic E-state index is 5.53. The average Bonchev–Trinajstić information content (AvgIpc) is 3.24. The molecule has 1 aliphatic rings. The largest absolute Gasteiger partial charge is 0.454 e. The number of para-hydroxylation sites is 1. The zero-order valence-corrected chi connectivity index (χ0v) is 13.4. The van der Waals surface area contributed by atoms with Crippen molar-refractivity contribution in [3.05, 3.63) is 65.9 Å². The van der Waals surface area contributed by atoms with E-state index in [4.69, 9.17) is 9.47 Å². The predicted molar refractivity (Wildman–Crippen MR) is 89.2 cm³/mol. The molecular weight excluding hydrogens is 304 g/mol. The van der Waals surface area contributed by atoms with Crippen LogP contribution in [0.25, 0.3) is 5.82 Å². The number of nitrogens with one attached hydrogen (secondary N) is 1. The molecule has 24 heavy (non-hydrogen) atoms. The highest BCUT2D eigenvalue weighted by atomic mass is 16.7. The van der Waals surface area contributed by atoms with Gasteiger partial charge in [0.2, 0.25) is 6.79 Å². The number of pyridine rings is 1. The molecule has 3 aromatic rings. The summed E-state index contributed by atoms with van der Waals surface area (Å²) in [6, 6.07) is 10.0. The Morgan fingerprint density at radius 3 is 2.96 bits per heavy atom. The van der Waals surface area contributed by atoms with E-state index in [1.807, 2.05) is 48.1 Å². The Bertz CT molecular complexity index is 860. The molecule has 2 aromatic heterocycles. The van der Waals surface area contributed by atoms with E-state index in [-0.39, 0.29) is 0 Å². The van der Waals surface area contributed by atoms with Crippen LogP contribution in [0.2, 0.25) is 0 Å². The average molecular weight is 322 g/mol. The van der Waals surface area contributed by atoms with Crippen molar-refractivity contribution in [3.8, 4) is 17.3 Å². The van der Waals surface area contributed by atoms with Gasteiger partial charge in [-0.25, -0.2) is 9.97 Å². The summed E-state index contributed by atoms with van der Waals surface area (Å²) in [5.74, 6) is 3.46. The maximum Gasteiger partial charge on any atom is 0.231 e. The molecular formula is C18H18N4O2. The number of aromatic nitrogens is 3. The van der Waals surface area contributed by atoms with Gasteiger partial charge < -0.3 is 14.8 Å². The van der Waals surface area contributed by atoms with Crippen molar-refractivity contribution in [2.24, 2.45) is 0 Å². The van der Waals surface area contributed by atoms with Crippen LogP contribution in [0.5, 0.6) is 11.5 Å². The number of ether oxygens (including phenoxy) is 2. The Balaban J connectivity index is 1.44. The first kappa shape index (κ1) is 14.7. The van der Waals surface area contributed by atoms with Gasteiger partial charge in [0, 0.05) is 37.2 Å². The molecule has 0 fully saturated rings. The molecule has 6 nitrogen and oxygen atoms in total. The third-order valence-corrected chi connectivity index (χ3v) is 4.01. The molecule has 1 N–H and O–H groups in total. The minimum Gasteiger partial charge on any atom is -0.454 e. The van der Waals surface area contributed by atoms with Gasteiger partial charge in [-0.1, -0.05) is 12.1 Å². The number of aryl methyl sites for hydroxylation is 1. The molecule has 0 saturated heterocycles. The van der Waals surface area contributed by atoms with Crippen molar-refractivity contribution in [2.45, 2.75) is 20.0 Å². The van der Waals surface area contributed by atoms with Crippen molar-refractivity contribution < 1.29 is 9.47 Å². The Morgan fingerprint density at radius 2 is 2.08 bits per heavy atom. The maximum atomic E-state index is 5.53. The number of hydrogen-bond acceptors (Lipinski definition) is 5. The van der Waals surface area contributed by atoms with Gasteiger partial charge in [-0.05, 0) is 30.7 Å². The Kier molecular flexibility index (Phi) is 3.88. The second kappa shape index (κ2) is 6.33. The Labute approximate surface area is 140 Å². The Morgan fingerprint density at radius 1 is 1.12 bits per heavy atom. The number of nitrogens with zero attached hydrogens (tertiary/aromatic N) is 3. The zero-order chi connectivity index (χ0) is 16.4. The van der Waals surface area contributed by atoms with Gasteiger partial charge in [0.15, 0.2) is 11.5 Å². The highest BCUT2D eigenvalue weighted by Crippen LogP contribution is 2.35. The Hall–Kier alpha value is -2.86. The minimum atomic E-state index is 0.296. The van der Waals surface area contributed by atoms with Crippen LogP contribution >= 0.6 is 0 Å². The summed E-state index contributed by atoms with van der Waals surface area (Å²) in [6.07, 6.45) is 5.52. The smallest absolute Gasteiger partial charge is 0.231 e. The normalized spacial score (nSPS) is 12.5. The molecule has 4 rings (SSSR count). The van der Waals surface area contributed by atoms with Gasteiger partial charge in [-0.15, -0.1) is 0 Å². The molecule has 0 amide bonds. The lowest BCUT2D eigenvalue weighted by Gasteiger charge is -2.09. The molecule has 0 bridgehead atoms. The molecule has 0 spiro atoms. The summed E-state index contributed by atoms with van der Waals surface area (Å²) >= 11 is 0. The molecule has 0 saturated carbocycles. The van der Waals surface area contributed by atoms with E-state index < -0.39 is 0 Å². The summed E-state index contributed by atoms with van der Waals surface area (Å²) in [5, 5.41) is 3.45. The van der Waals surface area contributed by atoms with Crippen molar-refractivity contribution in [2.75, 3.05) is 6.79 Å². The second-order valence-electron chi connectivity index (χ2n) is 5.62. The van der Waals surface area contributed by atoms with Crippen LogP contribution in [0.4, 0.5) is 0 Å². The van der Waals surface area contributed by atoms with Gasteiger partial charge in [0.25, 0.3) is 0 Å². The van der Waals surface area contributed by atoms with E-state index in [9.17, 15) is 0 Å². The molecule has 0 radical (unpaired) electrons. The summed E-state index contributed by atoms with van der Waals surface area (Å²) in [6.45, 7) is 3.72. The lowest BCUT2D eigenvalue weighted by molar-refractivity contribution is 0.173. The third-order valence-electron chi connectivity index (χ3n) is 4.01. The second-order valence-corrected chi connectivity index (χ2v) is 5.62. The van der Waals surface area contributed by atoms with Gasteiger partial charge in [0.1, 0.15) is 11.6 Å². The van der Waals surface area contributed by atoms with E-state index in [1.165, 1.54) is 0 Å². The molecule has 0 atom stereocenters. The lowest BCUT2D eigenvalue weighted by atomic mass is 10.2. The number of imidazole rings is 1. The lowest BCUT2D eigenvalue weighted by Crippen LogP contribution is -2.13. The SMILES string of the molecule is Cc1nccn1-c1cc(CNCc2cccc3c2OCO3)ccn1. The van der Waals surface area contributed by atoms with Crippen LogP contribution in [-0.2, 0) is 13.1 Å². The van der Waals surface area contributed by atoms with Crippen molar-refractivity contribution in [1.82, 2.24) is 19.9 Å².